The molecular weight excluding hydrogens is 294 g/mol. The van der Waals surface area contributed by atoms with Crippen LogP contribution in [0.3, 0.4) is 0 Å². The molecule has 1 atom stereocenters. The van der Waals surface area contributed by atoms with Crippen molar-refractivity contribution in [2.45, 2.75) is 5.62 Å². The number of rotatable bonds is 3. The number of hydrogen-bond donors (Lipinski definition) is 2. The van der Waals surface area contributed by atoms with Crippen LogP contribution in [-0.4, -0.2) is 29.8 Å². The molecule has 7 nitrogen and oxygen atoms in total. The summed E-state index contributed by atoms with van der Waals surface area (Å²) < 4.78 is 11.2. The molecular formula is C13H14ClN5O2. The monoisotopic (exact) mass is 307 g/mol. The van der Waals surface area contributed by atoms with Gasteiger partial charge in [0.25, 0.3) is 0 Å². The van der Waals surface area contributed by atoms with Gasteiger partial charge in [-0.2, -0.15) is 0 Å². The first-order valence-electron chi connectivity index (χ1n) is 6.20. The first-order chi connectivity index (χ1) is 10.1. The van der Waals surface area contributed by atoms with Crippen molar-refractivity contribution in [1.82, 2.24) is 9.97 Å². The zero-order valence-electron chi connectivity index (χ0n) is 11.5. The zero-order chi connectivity index (χ0) is 15.0. The summed E-state index contributed by atoms with van der Waals surface area (Å²) in [6.07, 6.45) is 3.14. The van der Waals surface area contributed by atoms with Crippen molar-refractivity contribution in [2.75, 3.05) is 30.1 Å². The number of pyridine rings is 2. The lowest BCUT2D eigenvalue weighted by molar-refractivity contribution is 0.378. The van der Waals surface area contributed by atoms with Crippen LogP contribution in [0.1, 0.15) is 0 Å². The molecule has 0 fully saturated rings. The van der Waals surface area contributed by atoms with Gasteiger partial charge in [0.05, 0.1) is 13.3 Å². The maximum absolute atomic E-state index is 6.14. The minimum absolute atomic E-state index is 0.375. The van der Waals surface area contributed by atoms with Gasteiger partial charge >= 0.3 is 0 Å². The van der Waals surface area contributed by atoms with Crippen molar-refractivity contribution in [3.63, 3.8) is 0 Å². The van der Waals surface area contributed by atoms with Crippen LogP contribution in [0.25, 0.3) is 0 Å². The van der Waals surface area contributed by atoms with E-state index >= 15 is 0 Å². The Kier molecular flexibility index (Phi) is 3.34. The van der Waals surface area contributed by atoms with Crippen LogP contribution in [-0.2, 0) is 0 Å². The summed E-state index contributed by atoms with van der Waals surface area (Å²) in [5.74, 6) is 2.60. The second-order valence-corrected chi connectivity index (χ2v) is 4.88. The van der Waals surface area contributed by atoms with Crippen molar-refractivity contribution >= 4 is 28.9 Å². The van der Waals surface area contributed by atoms with E-state index in [9.17, 15) is 0 Å². The fourth-order valence-electron chi connectivity index (χ4n) is 2.11. The van der Waals surface area contributed by atoms with Gasteiger partial charge < -0.3 is 25.4 Å². The van der Waals surface area contributed by atoms with Gasteiger partial charge in [0, 0.05) is 19.3 Å². The average Bonchev–Trinajstić information content (AvgIpc) is 2.75. The third-order valence-electron chi connectivity index (χ3n) is 3.11. The Balaban J connectivity index is 2.01. The maximum Gasteiger partial charge on any atom is 0.190 e. The highest BCUT2D eigenvalue weighted by Crippen LogP contribution is 2.46. The molecule has 1 unspecified atom stereocenters. The molecule has 0 aliphatic carbocycles. The van der Waals surface area contributed by atoms with E-state index in [0.29, 0.717) is 28.9 Å². The Morgan fingerprint density at radius 2 is 2.24 bits per heavy atom. The van der Waals surface area contributed by atoms with Crippen LogP contribution in [0.5, 0.6) is 17.2 Å². The molecule has 0 aromatic carbocycles. The van der Waals surface area contributed by atoms with E-state index < -0.39 is 0 Å². The fourth-order valence-corrected chi connectivity index (χ4v) is 2.31. The van der Waals surface area contributed by atoms with Crippen LogP contribution < -0.4 is 25.4 Å². The van der Waals surface area contributed by atoms with Gasteiger partial charge in [0.2, 0.25) is 0 Å². The molecule has 3 N–H and O–H groups in total. The number of hydrogen-bond acceptors (Lipinski definition) is 7. The summed E-state index contributed by atoms with van der Waals surface area (Å²) in [6.45, 7) is 0. The largest absolute Gasteiger partial charge is 0.491 e. The number of methoxy groups -OCH3 is 1. The van der Waals surface area contributed by atoms with Gasteiger partial charge in [0.1, 0.15) is 17.3 Å². The summed E-state index contributed by atoms with van der Waals surface area (Å²) in [6, 6.07) is 3.33. The Labute approximate surface area is 126 Å². The number of aromatic nitrogens is 2. The predicted molar refractivity (Wildman–Crippen MR) is 81.2 cm³/mol. The highest BCUT2D eigenvalue weighted by Gasteiger charge is 2.31. The molecule has 3 heterocycles. The van der Waals surface area contributed by atoms with Crippen LogP contribution >= 0.6 is 11.6 Å². The van der Waals surface area contributed by atoms with Crippen molar-refractivity contribution in [3.8, 4) is 17.2 Å². The SMILES string of the molecule is COc1c(Oc2ccnc(N)c2)cnc2c1N(C)C(Cl)N2. The third kappa shape index (κ3) is 2.36. The molecule has 0 amide bonds. The molecule has 1 aliphatic rings. The smallest absolute Gasteiger partial charge is 0.190 e. The summed E-state index contributed by atoms with van der Waals surface area (Å²) >= 11 is 6.14. The summed E-state index contributed by atoms with van der Waals surface area (Å²) in [7, 11) is 3.41. The van der Waals surface area contributed by atoms with Crippen molar-refractivity contribution in [1.29, 1.82) is 0 Å². The van der Waals surface area contributed by atoms with Crippen LogP contribution in [0, 0.1) is 0 Å². The molecule has 110 valence electrons. The maximum atomic E-state index is 6.14. The number of fused-ring (bicyclic) bond motifs is 1. The van der Waals surface area contributed by atoms with Gasteiger partial charge in [-0.25, -0.2) is 9.97 Å². The molecule has 1 aliphatic heterocycles. The molecule has 2 aromatic rings. The minimum atomic E-state index is -0.381. The summed E-state index contributed by atoms with van der Waals surface area (Å²) in [5.41, 5.74) is 6.01. The number of ether oxygens (including phenoxy) is 2. The highest BCUT2D eigenvalue weighted by atomic mass is 35.5. The lowest BCUT2D eigenvalue weighted by atomic mass is 10.3. The normalized spacial score (nSPS) is 16.3. The number of anilines is 3. The van der Waals surface area contributed by atoms with E-state index in [1.54, 1.807) is 31.6 Å². The Morgan fingerprint density at radius 3 is 2.95 bits per heavy atom. The molecule has 21 heavy (non-hydrogen) atoms. The lowest BCUT2D eigenvalue weighted by Crippen LogP contribution is -2.26. The first kappa shape index (κ1) is 13.6. The zero-order valence-corrected chi connectivity index (χ0v) is 12.3. The van der Waals surface area contributed by atoms with Gasteiger partial charge in [0.15, 0.2) is 22.9 Å². The second-order valence-electron chi connectivity index (χ2n) is 4.46. The molecule has 3 rings (SSSR count). The number of nitrogens with zero attached hydrogens (tertiary/aromatic N) is 3. The van der Waals surface area contributed by atoms with Crippen LogP contribution in [0.15, 0.2) is 24.5 Å². The molecule has 0 saturated heterocycles. The first-order valence-corrected chi connectivity index (χ1v) is 6.63. The topological polar surface area (TPSA) is 85.5 Å². The lowest BCUT2D eigenvalue weighted by Gasteiger charge is -2.18. The predicted octanol–water partition coefficient (Wildman–Crippen LogP) is 2.24. The van der Waals surface area contributed by atoms with Gasteiger partial charge in [-0.1, -0.05) is 11.6 Å². The Hall–Kier alpha value is -2.41. The molecule has 2 aromatic heterocycles. The standard InChI is InChI=1S/C13H14ClN5O2/c1-19-10-11(20-2)8(6-17-12(10)18-13(19)14)21-7-3-4-16-9(15)5-7/h3-6,13H,1-2H3,(H2,15,16)(H,17,18). The average molecular weight is 308 g/mol. The Morgan fingerprint density at radius 1 is 1.43 bits per heavy atom. The van der Waals surface area contributed by atoms with E-state index in [-0.39, 0.29) is 5.62 Å². The van der Waals surface area contributed by atoms with Gasteiger partial charge in [-0.05, 0) is 6.07 Å². The van der Waals surface area contributed by atoms with Crippen molar-refractivity contribution in [3.05, 3.63) is 24.5 Å². The summed E-state index contributed by atoms with van der Waals surface area (Å²) in [5, 5.41) is 3.04. The summed E-state index contributed by atoms with van der Waals surface area (Å²) in [4.78, 5) is 10.0. The van der Waals surface area contributed by atoms with Crippen molar-refractivity contribution < 1.29 is 9.47 Å². The van der Waals surface area contributed by atoms with Crippen LogP contribution in [0.4, 0.5) is 17.3 Å². The van der Waals surface area contributed by atoms with Crippen molar-refractivity contribution in [2.24, 2.45) is 0 Å². The molecule has 8 heteroatoms. The van der Waals surface area contributed by atoms with E-state index in [1.807, 2.05) is 11.9 Å². The van der Waals surface area contributed by atoms with Crippen LogP contribution in [0.2, 0.25) is 0 Å². The third-order valence-corrected chi connectivity index (χ3v) is 3.51. The number of nitrogens with one attached hydrogen (secondary N) is 1. The number of halogens is 1. The van der Waals surface area contributed by atoms with E-state index in [1.165, 1.54) is 0 Å². The number of alkyl halides is 1. The van der Waals surface area contributed by atoms with Gasteiger partial charge in [-0.3, -0.25) is 0 Å². The van der Waals surface area contributed by atoms with E-state index in [2.05, 4.69) is 15.3 Å². The number of nitrogens with two attached hydrogens (primary N) is 1. The minimum Gasteiger partial charge on any atom is -0.491 e. The molecule has 0 radical (unpaired) electrons. The number of nitrogen functional groups attached to an aromatic ring is 1. The second kappa shape index (κ2) is 5.17. The van der Waals surface area contributed by atoms with E-state index in [0.717, 1.165) is 5.69 Å². The molecule has 0 saturated carbocycles. The van der Waals surface area contributed by atoms with Gasteiger partial charge in [-0.15, -0.1) is 0 Å². The quantitative estimate of drug-likeness (QED) is 0.664. The molecule has 0 spiro atoms. The molecule has 0 bridgehead atoms. The van der Waals surface area contributed by atoms with E-state index in [4.69, 9.17) is 26.8 Å². The fraction of sp³-hybridized carbons (Fsp3) is 0.231. The Bertz CT molecular complexity index is 682. The highest BCUT2D eigenvalue weighted by molar-refractivity contribution is 6.24.